The molecule has 1 aliphatic carbocycles. The molecule has 0 bridgehead atoms. The zero-order valence-electron chi connectivity index (χ0n) is 18.8. The van der Waals surface area contributed by atoms with Crippen LogP contribution in [-0.2, 0) is 19.1 Å². The predicted molar refractivity (Wildman–Crippen MR) is 115 cm³/mol. The van der Waals surface area contributed by atoms with Gasteiger partial charge in [0.2, 0.25) is 11.8 Å². The van der Waals surface area contributed by atoms with Crippen molar-refractivity contribution in [2.24, 2.45) is 11.7 Å². The number of hydrogen-bond acceptors (Lipinski definition) is 6. The van der Waals surface area contributed by atoms with Crippen LogP contribution < -0.4 is 11.1 Å². The number of nitrogens with two attached hydrogens (primary N) is 1. The van der Waals surface area contributed by atoms with Crippen molar-refractivity contribution < 1.29 is 29.0 Å². The van der Waals surface area contributed by atoms with Crippen LogP contribution in [0.15, 0.2) is 12.2 Å². The van der Waals surface area contributed by atoms with E-state index in [-0.39, 0.29) is 13.0 Å². The molecule has 9 nitrogen and oxygen atoms in total. The van der Waals surface area contributed by atoms with Crippen LogP contribution in [0.25, 0.3) is 0 Å². The van der Waals surface area contributed by atoms with Crippen molar-refractivity contribution in [3.63, 3.8) is 0 Å². The van der Waals surface area contributed by atoms with Gasteiger partial charge in [-0.05, 0) is 58.8 Å². The van der Waals surface area contributed by atoms with Gasteiger partial charge in [0.15, 0.2) is 0 Å². The number of carbonyl (C=O) groups is 3. The number of aliphatic hydroxyl groups is 1. The molecule has 4 N–H and O–H groups in total. The summed E-state index contributed by atoms with van der Waals surface area (Å²) in [6.07, 6.45) is 7.26. The molecule has 176 valence electrons. The molecule has 2 fully saturated rings. The van der Waals surface area contributed by atoms with Gasteiger partial charge in [-0.3, -0.25) is 9.59 Å². The Balaban J connectivity index is 1.88. The molecule has 2 rings (SSSR count). The average Bonchev–Trinajstić information content (AvgIpc) is 3.39. The highest BCUT2D eigenvalue weighted by atomic mass is 16.6. The number of nitrogens with one attached hydrogen (secondary N) is 1. The van der Waals surface area contributed by atoms with Gasteiger partial charge in [-0.15, -0.1) is 0 Å². The summed E-state index contributed by atoms with van der Waals surface area (Å²) in [5, 5.41) is 12.5. The summed E-state index contributed by atoms with van der Waals surface area (Å²) in [4.78, 5) is 38.3. The van der Waals surface area contributed by atoms with E-state index >= 15 is 0 Å². The van der Waals surface area contributed by atoms with Crippen molar-refractivity contribution in [3.05, 3.63) is 12.2 Å². The van der Waals surface area contributed by atoms with E-state index < -0.39 is 41.7 Å². The summed E-state index contributed by atoms with van der Waals surface area (Å²) in [6.45, 7) is 6.12. The summed E-state index contributed by atoms with van der Waals surface area (Å²) in [6, 6.07) is -1.80. The molecule has 0 aromatic rings. The summed E-state index contributed by atoms with van der Waals surface area (Å²) in [7, 11) is 0. The lowest BCUT2D eigenvalue weighted by Crippen LogP contribution is -2.53. The third-order valence-electron chi connectivity index (χ3n) is 5.21. The minimum Gasteiger partial charge on any atom is -0.444 e. The van der Waals surface area contributed by atoms with Crippen LogP contribution in [0.2, 0.25) is 0 Å². The molecule has 1 saturated heterocycles. The van der Waals surface area contributed by atoms with Crippen molar-refractivity contribution in [3.8, 4) is 0 Å². The highest BCUT2D eigenvalue weighted by molar-refractivity contribution is 5.91. The van der Waals surface area contributed by atoms with Crippen LogP contribution in [0, 0.1) is 5.92 Å². The molecule has 0 radical (unpaired) electrons. The van der Waals surface area contributed by atoms with Gasteiger partial charge in [-0.2, -0.15) is 0 Å². The van der Waals surface area contributed by atoms with Crippen LogP contribution in [0.3, 0.4) is 0 Å². The zero-order chi connectivity index (χ0) is 23.0. The van der Waals surface area contributed by atoms with Crippen LogP contribution in [0.4, 0.5) is 4.79 Å². The summed E-state index contributed by atoms with van der Waals surface area (Å²) in [5.74, 6) is -0.298. The van der Waals surface area contributed by atoms with Crippen LogP contribution in [0.1, 0.15) is 59.3 Å². The Morgan fingerprint density at radius 1 is 1.26 bits per heavy atom. The molecular weight excluding hydrogens is 402 g/mol. The molecule has 9 heteroatoms. The van der Waals surface area contributed by atoms with Gasteiger partial charge in [-0.25, -0.2) is 4.79 Å². The Bertz CT molecular complexity index is 656. The standard InChI is InChI=1S/C22H37N3O6/c1-22(2,3)31-21(29)24-17(8-6-12-30-11-5-4-7-15-9-10-15)20(28)25-14-16(26)13-18(25)19(23)27/h4-5,15-18,26H,6-14H2,1-3H3,(H2,23,27)(H,24,29)/b5-4-/t16-,17+,18+/m1/s1. The van der Waals surface area contributed by atoms with E-state index in [0.29, 0.717) is 26.1 Å². The fraction of sp³-hybridized carbons (Fsp3) is 0.773. The van der Waals surface area contributed by atoms with E-state index in [1.165, 1.54) is 17.7 Å². The first-order valence-corrected chi connectivity index (χ1v) is 11.1. The van der Waals surface area contributed by atoms with Crippen LogP contribution in [-0.4, -0.2) is 71.5 Å². The Kier molecular flexibility index (Phi) is 9.31. The zero-order valence-corrected chi connectivity index (χ0v) is 18.8. The van der Waals surface area contributed by atoms with Gasteiger partial charge in [-0.1, -0.05) is 12.2 Å². The summed E-state index contributed by atoms with van der Waals surface area (Å²) in [5.41, 5.74) is 4.68. The Morgan fingerprint density at radius 3 is 2.58 bits per heavy atom. The van der Waals surface area contributed by atoms with Gasteiger partial charge < -0.3 is 30.5 Å². The van der Waals surface area contributed by atoms with Crippen molar-refractivity contribution >= 4 is 17.9 Å². The fourth-order valence-electron chi connectivity index (χ4n) is 3.49. The normalized spacial score (nSPS) is 22.5. The fourth-order valence-corrected chi connectivity index (χ4v) is 3.49. The van der Waals surface area contributed by atoms with Crippen molar-refractivity contribution in [1.29, 1.82) is 0 Å². The Morgan fingerprint density at radius 2 is 1.97 bits per heavy atom. The first kappa shape index (κ1) is 25.1. The highest BCUT2D eigenvalue weighted by Crippen LogP contribution is 2.32. The highest BCUT2D eigenvalue weighted by Gasteiger charge is 2.40. The van der Waals surface area contributed by atoms with Crippen molar-refractivity contribution in [2.75, 3.05) is 19.8 Å². The number of ether oxygens (including phenoxy) is 2. The largest absolute Gasteiger partial charge is 0.444 e. The van der Waals surface area contributed by atoms with Gasteiger partial charge in [0.05, 0.1) is 12.7 Å². The van der Waals surface area contributed by atoms with Gasteiger partial charge in [0.1, 0.15) is 17.7 Å². The van der Waals surface area contributed by atoms with E-state index in [2.05, 4.69) is 11.4 Å². The number of hydrogen-bond donors (Lipinski definition) is 3. The first-order chi connectivity index (χ1) is 14.6. The average molecular weight is 440 g/mol. The molecule has 31 heavy (non-hydrogen) atoms. The first-order valence-electron chi connectivity index (χ1n) is 11.1. The second-order valence-electron chi connectivity index (χ2n) is 9.36. The number of carbonyl (C=O) groups excluding carboxylic acids is 3. The second-order valence-corrected chi connectivity index (χ2v) is 9.36. The third kappa shape index (κ3) is 9.26. The minimum atomic E-state index is -0.906. The molecule has 3 amide bonds. The SMILES string of the molecule is CC(C)(C)OC(=O)N[C@@H](CCCOC/C=C\CC1CC1)C(=O)N1C[C@H](O)C[C@H]1C(N)=O. The lowest BCUT2D eigenvalue weighted by Gasteiger charge is -2.28. The van der Waals surface area contributed by atoms with E-state index in [0.717, 1.165) is 12.3 Å². The molecule has 0 aromatic heterocycles. The molecule has 1 aliphatic heterocycles. The maximum Gasteiger partial charge on any atom is 0.408 e. The molecule has 0 aromatic carbocycles. The monoisotopic (exact) mass is 439 g/mol. The summed E-state index contributed by atoms with van der Waals surface area (Å²) < 4.78 is 10.9. The van der Waals surface area contributed by atoms with Crippen LogP contribution in [0.5, 0.6) is 0 Å². The lowest BCUT2D eigenvalue weighted by molar-refractivity contribution is -0.139. The number of rotatable bonds is 11. The lowest BCUT2D eigenvalue weighted by atomic mass is 10.1. The van der Waals surface area contributed by atoms with Crippen LogP contribution >= 0.6 is 0 Å². The molecule has 0 unspecified atom stereocenters. The minimum absolute atomic E-state index is 0.00122. The number of nitrogens with zero attached hydrogens (tertiary/aromatic N) is 1. The Labute approximate surface area is 184 Å². The molecule has 1 saturated carbocycles. The van der Waals surface area contributed by atoms with Crippen molar-refractivity contribution in [1.82, 2.24) is 10.2 Å². The molecular formula is C22H37N3O6. The quantitative estimate of drug-likeness (QED) is 0.330. The maximum atomic E-state index is 13.1. The number of likely N-dealkylation sites (tertiary alicyclic amines) is 1. The van der Waals surface area contributed by atoms with E-state index in [9.17, 15) is 19.5 Å². The molecule has 3 atom stereocenters. The van der Waals surface area contributed by atoms with Crippen molar-refractivity contribution in [2.45, 2.75) is 83.1 Å². The van der Waals surface area contributed by atoms with Gasteiger partial charge in [0, 0.05) is 19.6 Å². The predicted octanol–water partition coefficient (Wildman–Crippen LogP) is 1.48. The topological polar surface area (TPSA) is 131 Å². The Hall–Kier alpha value is -2.13. The van der Waals surface area contributed by atoms with Gasteiger partial charge >= 0.3 is 6.09 Å². The number of β-amino-alcohol motifs (C(OH)–C–C–N with tert-alkyl or cyclic N) is 1. The van der Waals surface area contributed by atoms with E-state index in [1.807, 2.05) is 6.08 Å². The molecule has 2 aliphatic rings. The number of primary amides is 1. The number of amides is 3. The maximum absolute atomic E-state index is 13.1. The van der Waals surface area contributed by atoms with Gasteiger partial charge in [0.25, 0.3) is 0 Å². The second kappa shape index (κ2) is 11.5. The number of aliphatic hydroxyl groups excluding tert-OH is 1. The van der Waals surface area contributed by atoms with E-state index in [1.54, 1.807) is 20.8 Å². The number of alkyl carbamates (subject to hydrolysis) is 1. The summed E-state index contributed by atoms with van der Waals surface area (Å²) >= 11 is 0. The smallest absolute Gasteiger partial charge is 0.408 e. The molecule has 1 heterocycles. The van der Waals surface area contributed by atoms with E-state index in [4.69, 9.17) is 15.2 Å². The third-order valence-corrected chi connectivity index (χ3v) is 5.21. The number of allylic oxidation sites excluding steroid dienone is 1. The molecule has 0 spiro atoms.